The van der Waals surface area contributed by atoms with Gasteiger partial charge in [0, 0.05) is 16.8 Å². The molecule has 0 amide bonds. The Labute approximate surface area is 105 Å². The molecule has 2 nitrogen and oxygen atoms in total. The van der Waals surface area contributed by atoms with E-state index in [-0.39, 0.29) is 5.82 Å². The van der Waals surface area contributed by atoms with Crippen molar-refractivity contribution in [2.75, 3.05) is 5.73 Å². The summed E-state index contributed by atoms with van der Waals surface area (Å²) in [7, 11) is 0. The average Bonchev–Trinajstić information content (AvgIpc) is 2.35. The summed E-state index contributed by atoms with van der Waals surface area (Å²) in [6.07, 6.45) is 0.807. The number of hydrogen-bond donors (Lipinski definition) is 1. The summed E-state index contributed by atoms with van der Waals surface area (Å²) in [5.74, 6) is -0.314. The monoisotopic (exact) mass is 243 g/mol. The lowest BCUT2D eigenvalue weighted by Crippen LogP contribution is -1.95. The Bertz CT molecular complexity index is 620. The Hall–Kier alpha value is -2.16. The molecular formula is C15H14FNO. The molecule has 0 aliphatic rings. The summed E-state index contributed by atoms with van der Waals surface area (Å²) in [6, 6.07) is 8.07. The highest BCUT2D eigenvalue weighted by atomic mass is 19.1. The maximum Gasteiger partial charge on any atom is 0.150 e. The predicted octanol–water partition coefficient (Wildman–Crippen LogP) is 3.50. The van der Waals surface area contributed by atoms with Crippen molar-refractivity contribution in [3.05, 3.63) is 52.8 Å². The number of anilines is 1. The maximum absolute atomic E-state index is 13.8. The number of halogens is 1. The van der Waals surface area contributed by atoms with Crippen molar-refractivity contribution in [1.29, 1.82) is 0 Å². The number of aryl methyl sites for hydroxylation is 2. The number of rotatable bonds is 2. The lowest BCUT2D eigenvalue weighted by Gasteiger charge is -2.11. The van der Waals surface area contributed by atoms with E-state index in [0.29, 0.717) is 16.8 Å². The van der Waals surface area contributed by atoms with Gasteiger partial charge in [-0.05, 0) is 54.8 Å². The van der Waals surface area contributed by atoms with Gasteiger partial charge in [0.05, 0.1) is 0 Å². The van der Waals surface area contributed by atoms with E-state index in [0.717, 1.165) is 23.0 Å². The zero-order valence-electron chi connectivity index (χ0n) is 10.3. The average molecular weight is 243 g/mol. The van der Waals surface area contributed by atoms with Crippen LogP contribution >= 0.6 is 0 Å². The van der Waals surface area contributed by atoms with Gasteiger partial charge in [-0.1, -0.05) is 6.07 Å². The minimum absolute atomic E-state index is 0.314. The van der Waals surface area contributed by atoms with Crippen molar-refractivity contribution in [3.8, 4) is 11.1 Å². The third kappa shape index (κ3) is 2.12. The molecule has 2 aromatic rings. The van der Waals surface area contributed by atoms with E-state index in [4.69, 9.17) is 5.73 Å². The van der Waals surface area contributed by atoms with E-state index in [9.17, 15) is 9.18 Å². The molecule has 92 valence electrons. The van der Waals surface area contributed by atoms with E-state index in [1.807, 2.05) is 19.9 Å². The quantitative estimate of drug-likeness (QED) is 0.648. The summed E-state index contributed by atoms with van der Waals surface area (Å²) in [4.78, 5) is 10.9. The second-order valence-corrected chi connectivity index (χ2v) is 4.38. The van der Waals surface area contributed by atoms with Gasteiger partial charge in [-0.25, -0.2) is 4.39 Å². The zero-order valence-corrected chi connectivity index (χ0v) is 10.3. The fourth-order valence-corrected chi connectivity index (χ4v) is 2.00. The highest BCUT2D eigenvalue weighted by molar-refractivity contribution is 5.81. The van der Waals surface area contributed by atoms with E-state index >= 15 is 0 Å². The Morgan fingerprint density at radius 1 is 1.06 bits per heavy atom. The maximum atomic E-state index is 13.8. The second kappa shape index (κ2) is 4.61. The van der Waals surface area contributed by atoms with Crippen LogP contribution in [0.25, 0.3) is 11.1 Å². The Kier molecular flexibility index (Phi) is 3.15. The third-order valence-corrected chi connectivity index (χ3v) is 3.02. The van der Waals surface area contributed by atoms with Gasteiger partial charge >= 0.3 is 0 Å². The molecule has 0 radical (unpaired) electrons. The van der Waals surface area contributed by atoms with Crippen LogP contribution < -0.4 is 5.73 Å². The molecule has 0 fully saturated rings. The number of carbonyl (C=O) groups excluding carboxylic acids is 1. The van der Waals surface area contributed by atoms with Crippen LogP contribution in [0, 0.1) is 19.7 Å². The minimum Gasteiger partial charge on any atom is -0.399 e. The van der Waals surface area contributed by atoms with E-state index < -0.39 is 0 Å². The molecule has 0 atom stereocenters. The molecule has 0 unspecified atom stereocenters. The van der Waals surface area contributed by atoms with E-state index in [2.05, 4.69) is 0 Å². The van der Waals surface area contributed by atoms with Gasteiger partial charge in [-0.2, -0.15) is 0 Å². The molecule has 0 aliphatic heterocycles. The summed E-state index contributed by atoms with van der Waals surface area (Å²) in [5.41, 5.74) is 9.74. The molecule has 18 heavy (non-hydrogen) atoms. The first-order valence-corrected chi connectivity index (χ1v) is 5.64. The van der Waals surface area contributed by atoms with Gasteiger partial charge in [0.1, 0.15) is 12.1 Å². The van der Waals surface area contributed by atoms with Crippen LogP contribution in [0.3, 0.4) is 0 Å². The minimum atomic E-state index is -0.314. The van der Waals surface area contributed by atoms with Crippen LogP contribution in [-0.4, -0.2) is 6.29 Å². The SMILES string of the molecule is Cc1cc(-c2cc(N)ccc2F)c(C)cc1C=O. The molecule has 0 spiro atoms. The van der Waals surface area contributed by atoms with Gasteiger partial charge in [0.2, 0.25) is 0 Å². The van der Waals surface area contributed by atoms with Crippen molar-refractivity contribution in [2.24, 2.45) is 0 Å². The molecule has 0 aliphatic carbocycles. The van der Waals surface area contributed by atoms with Crippen LogP contribution in [0.15, 0.2) is 30.3 Å². The first kappa shape index (κ1) is 12.3. The molecule has 0 bridgehead atoms. The Morgan fingerprint density at radius 3 is 2.44 bits per heavy atom. The molecular weight excluding hydrogens is 229 g/mol. The number of benzene rings is 2. The van der Waals surface area contributed by atoms with Gasteiger partial charge in [-0.15, -0.1) is 0 Å². The van der Waals surface area contributed by atoms with Crippen LogP contribution in [0.4, 0.5) is 10.1 Å². The van der Waals surface area contributed by atoms with Crippen molar-refractivity contribution in [3.63, 3.8) is 0 Å². The van der Waals surface area contributed by atoms with Crippen molar-refractivity contribution in [1.82, 2.24) is 0 Å². The normalized spacial score (nSPS) is 10.4. The topological polar surface area (TPSA) is 43.1 Å². The van der Waals surface area contributed by atoms with Gasteiger partial charge in [0.15, 0.2) is 0 Å². The summed E-state index contributed by atoms with van der Waals surface area (Å²) < 4.78 is 13.8. The largest absolute Gasteiger partial charge is 0.399 e. The van der Waals surface area contributed by atoms with Crippen molar-refractivity contribution >= 4 is 12.0 Å². The van der Waals surface area contributed by atoms with Crippen LogP contribution in [0.1, 0.15) is 21.5 Å². The summed E-state index contributed by atoms with van der Waals surface area (Å²) >= 11 is 0. The Balaban J connectivity index is 2.67. The zero-order chi connectivity index (χ0) is 13.3. The van der Waals surface area contributed by atoms with Crippen LogP contribution in [-0.2, 0) is 0 Å². The molecule has 0 heterocycles. The predicted molar refractivity (Wildman–Crippen MR) is 71.1 cm³/mol. The highest BCUT2D eigenvalue weighted by Gasteiger charge is 2.10. The standard InChI is InChI=1S/C15H14FNO/c1-9-6-13(10(2)5-11(9)8-18)14-7-12(17)3-4-15(14)16/h3-8H,17H2,1-2H3. The Morgan fingerprint density at radius 2 is 1.78 bits per heavy atom. The molecule has 0 aromatic heterocycles. The summed E-state index contributed by atoms with van der Waals surface area (Å²) in [6.45, 7) is 3.68. The van der Waals surface area contributed by atoms with Crippen molar-refractivity contribution in [2.45, 2.75) is 13.8 Å². The molecule has 0 saturated heterocycles. The molecule has 2 aromatic carbocycles. The second-order valence-electron chi connectivity index (χ2n) is 4.38. The molecule has 3 heteroatoms. The smallest absolute Gasteiger partial charge is 0.150 e. The molecule has 0 saturated carbocycles. The van der Waals surface area contributed by atoms with Gasteiger partial charge in [-0.3, -0.25) is 4.79 Å². The van der Waals surface area contributed by atoms with E-state index in [1.165, 1.54) is 12.1 Å². The number of aldehydes is 1. The van der Waals surface area contributed by atoms with E-state index in [1.54, 1.807) is 12.1 Å². The van der Waals surface area contributed by atoms with Crippen LogP contribution in [0.5, 0.6) is 0 Å². The fraction of sp³-hybridized carbons (Fsp3) is 0.133. The number of hydrogen-bond acceptors (Lipinski definition) is 2. The first-order chi connectivity index (χ1) is 8.52. The number of carbonyl (C=O) groups is 1. The first-order valence-electron chi connectivity index (χ1n) is 5.64. The molecule has 2 N–H and O–H groups in total. The third-order valence-electron chi connectivity index (χ3n) is 3.02. The van der Waals surface area contributed by atoms with Crippen LogP contribution in [0.2, 0.25) is 0 Å². The summed E-state index contributed by atoms with van der Waals surface area (Å²) in [5, 5.41) is 0. The van der Waals surface area contributed by atoms with Crippen molar-refractivity contribution < 1.29 is 9.18 Å². The lowest BCUT2D eigenvalue weighted by molar-refractivity contribution is 0.112. The van der Waals surface area contributed by atoms with Gasteiger partial charge in [0.25, 0.3) is 0 Å². The fourth-order valence-electron chi connectivity index (χ4n) is 2.00. The lowest BCUT2D eigenvalue weighted by atomic mass is 9.95. The highest BCUT2D eigenvalue weighted by Crippen LogP contribution is 2.29. The number of nitrogen functional groups attached to an aromatic ring is 1. The number of nitrogens with two attached hydrogens (primary N) is 1. The van der Waals surface area contributed by atoms with Gasteiger partial charge < -0.3 is 5.73 Å². The molecule has 2 rings (SSSR count).